The number of hydrogen-bond acceptors (Lipinski definition) is 1. The van der Waals surface area contributed by atoms with Crippen molar-refractivity contribution >= 4 is 0 Å². The van der Waals surface area contributed by atoms with Gasteiger partial charge in [-0.2, -0.15) is 0 Å². The molecule has 1 fully saturated rings. The van der Waals surface area contributed by atoms with Gasteiger partial charge in [-0.1, -0.05) is 20.3 Å². The van der Waals surface area contributed by atoms with Gasteiger partial charge in [0.15, 0.2) is 0 Å². The van der Waals surface area contributed by atoms with Gasteiger partial charge in [-0.3, -0.25) is 0 Å². The van der Waals surface area contributed by atoms with E-state index in [2.05, 4.69) is 13.8 Å². The lowest BCUT2D eigenvalue weighted by molar-refractivity contribution is 0.266. The molecular formula is C8H17N. The molecule has 54 valence electrons. The maximum Gasteiger partial charge on any atom is 0.00670 e. The van der Waals surface area contributed by atoms with Crippen molar-refractivity contribution in [1.29, 1.82) is 0 Å². The first-order valence-electron chi connectivity index (χ1n) is 3.95. The third kappa shape index (κ3) is 1.68. The van der Waals surface area contributed by atoms with Crippen LogP contribution in [0.25, 0.3) is 0 Å². The molecule has 0 saturated heterocycles. The molecular weight excluding hydrogens is 110 g/mol. The van der Waals surface area contributed by atoms with Crippen molar-refractivity contribution in [2.45, 2.75) is 39.2 Å². The van der Waals surface area contributed by atoms with Crippen LogP contribution in [0.4, 0.5) is 0 Å². The average molecular weight is 127 g/mol. The molecule has 0 aliphatic heterocycles. The van der Waals surface area contributed by atoms with Gasteiger partial charge in [0.05, 0.1) is 0 Å². The van der Waals surface area contributed by atoms with E-state index in [1.165, 1.54) is 19.3 Å². The van der Waals surface area contributed by atoms with Gasteiger partial charge < -0.3 is 5.73 Å². The molecule has 0 bridgehead atoms. The van der Waals surface area contributed by atoms with Crippen molar-refractivity contribution in [3.63, 3.8) is 0 Å². The quantitative estimate of drug-likeness (QED) is 0.527. The van der Waals surface area contributed by atoms with Crippen LogP contribution >= 0.6 is 0 Å². The minimum absolute atomic E-state index is 0.480. The number of nitrogens with two attached hydrogens (primary N) is 1. The Morgan fingerprint density at radius 1 is 1.22 bits per heavy atom. The predicted octanol–water partition coefficient (Wildman–Crippen LogP) is 1.77. The highest BCUT2D eigenvalue weighted by Gasteiger charge is 2.21. The lowest BCUT2D eigenvalue weighted by atomic mass is 9.81. The molecule has 1 aliphatic rings. The summed E-state index contributed by atoms with van der Waals surface area (Å²) >= 11 is 0. The Morgan fingerprint density at radius 2 is 1.89 bits per heavy atom. The van der Waals surface area contributed by atoms with Gasteiger partial charge in [-0.15, -0.1) is 0 Å². The van der Waals surface area contributed by atoms with Gasteiger partial charge in [0.1, 0.15) is 0 Å². The van der Waals surface area contributed by atoms with Gasteiger partial charge in [-0.05, 0) is 24.7 Å². The van der Waals surface area contributed by atoms with Gasteiger partial charge in [0.25, 0.3) is 0 Å². The van der Waals surface area contributed by atoms with Gasteiger partial charge in [0, 0.05) is 6.04 Å². The van der Waals surface area contributed by atoms with Gasteiger partial charge in [0.2, 0.25) is 0 Å². The van der Waals surface area contributed by atoms with E-state index in [0.717, 1.165) is 11.8 Å². The molecule has 0 heterocycles. The van der Waals surface area contributed by atoms with Crippen LogP contribution in [-0.4, -0.2) is 6.04 Å². The van der Waals surface area contributed by atoms with Crippen LogP contribution in [0, 0.1) is 11.8 Å². The van der Waals surface area contributed by atoms with Crippen LogP contribution in [0.1, 0.15) is 33.1 Å². The van der Waals surface area contributed by atoms with Crippen LogP contribution in [0.15, 0.2) is 0 Å². The van der Waals surface area contributed by atoms with Crippen molar-refractivity contribution in [2.75, 3.05) is 0 Å². The first-order valence-corrected chi connectivity index (χ1v) is 3.95. The highest BCUT2D eigenvalue weighted by atomic mass is 14.7. The monoisotopic (exact) mass is 127 g/mol. The number of hydrogen-bond donors (Lipinski definition) is 1. The normalized spacial score (nSPS) is 45.0. The van der Waals surface area contributed by atoms with Crippen molar-refractivity contribution in [3.05, 3.63) is 0 Å². The van der Waals surface area contributed by atoms with Gasteiger partial charge >= 0.3 is 0 Å². The fourth-order valence-electron chi connectivity index (χ4n) is 1.58. The summed E-state index contributed by atoms with van der Waals surface area (Å²) in [5.74, 6) is 1.64. The second-order valence-corrected chi connectivity index (χ2v) is 3.56. The summed E-state index contributed by atoms with van der Waals surface area (Å²) in [4.78, 5) is 0. The van der Waals surface area contributed by atoms with Crippen LogP contribution in [0.2, 0.25) is 0 Å². The molecule has 2 N–H and O–H groups in total. The molecule has 0 radical (unpaired) electrons. The molecule has 0 aromatic carbocycles. The second kappa shape index (κ2) is 2.70. The van der Waals surface area contributed by atoms with E-state index in [4.69, 9.17) is 5.73 Å². The first-order chi connectivity index (χ1) is 4.20. The molecule has 0 unspecified atom stereocenters. The Bertz CT molecular complexity index is 90.6. The molecule has 1 rings (SSSR count). The average Bonchev–Trinajstić information content (AvgIpc) is 1.80. The maximum atomic E-state index is 5.87. The lowest BCUT2D eigenvalue weighted by Gasteiger charge is -2.29. The van der Waals surface area contributed by atoms with E-state index in [1.807, 2.05) is 0 Å². The Morgan fingerprint density at radius 3 is 2.33 bits per heavy atom. The summed E-state index contributed by atoms with van der Waals surface area (Å²) < 4.78 is 0. The summed E-state index contributed by atoms with van der Waals surface area (Å²) in [5.41, 5.74) is 5.87. The molecule has 0 amide bonds. The molecule has 0 aromatic rings. The Labute approximate surface area is 57.6 Å². The number of rotatable bonds is 0. The predicted molar refractivity (Wildman–Crippen MR) is 40.2 cm³/mol. The Kier molecular flexibility index (Phi) is 2.12. The topological polar surface area (TPSA) is 26.0 Å². The SMILES string of the molecule is C[C@@H]1CC[C@@H](C)[C@@H](N)C1. The molecule has 0 aromatic heterocycles. The largest absolute Gasteiger partial charge is 0.327 e. The summed E-state index contributed by atoms with van der Waals surface area (Å²) in [7, 11) is 0. The van der Waals surface area contributed by atoms with Crippen molar-refractivity contribution in [2.24, 2.45) is 17.6 Å². The molecule has 1 saturated carbocycles. The molecule has 1 nitrogen and oxygen atoms in total. The van der Waals surface area contributed by atoms with Crippen LogP contribution in [0.3, 0.4) is 0 Å². The van der Waals surface area contributed by atoms with E-state index in [-0.39, 0.29) is 0 Å². The summed E-state index contributed by atoms with van der Waals surface area (Å²) in [6.07, 6.45) is 3.96. The smallest absolute Gasteiger partial charge is 0.00670 e. The molecule has 0 spiro atoms. The van der Waals surface area contributed by atoms with Crippen LogP contribution < -0.4 is 5.73 Å². The van der Waals surface area contributed by atoms with E-state index in [1.54, 1.807) is 0 Å². The summed E-state index contributed by atoms with van der Waals surface area (Å²) in [6.45, 7) is 4.56. The lowest BCUT2D eigenvalue weighted by Crippen LogP contribution is -2.34. The third-order valence-electron chi connectivity index (χ3n) is 2.52. The first kappa shape index (κ1) is 7.07. The van der Waals surface area contributed by atoms with E-state index in [0.29, 0.717) is 6.04 Å². The third-order valence-corrected chi connectivity index (χ3v) is 2.52. The van der Waals surface area contributed by atoms with E-state index >= 15 is 0 Å². The molecule has 1 aliphatic carbocycles. The van der Waals surface area contributed by atoms with Crippen molar-refractivity contribution < 1.29 is 0 Å². The second-order valence-electron chi connectivity index (χ2n) is 3.56. The standard InChI is InChI=1S/C8H17N/c1-6-3-4-7(2)8(9)5-6/h6-8H,3-5,9H2,1-2H3/t6-,7-,8+/m1/s1. The van der Waals surface area contributed by atoms with E-state index in [9.17, 15) is 0 Å². The van der Waals surface area contributed by atoms with Crippen molar-refractivity contribution in [1.82, 2.24) is 0 Å². The Balaban J connectivity index is 2.35. The maximum absolute atomic E-state index is 5.87. The van der Waals surface area contributed by atoms with Crippen LogP contribution in [-0.2, 0) is 0 Å². The fraction of sp³-hybridized carbons (Fsp3) is 1.00. The summed E-state index contributed by atoms with van der Waals surface area (Å²) in [6, 6.07) is 0.480. The molecule has 1 heteroatoms. The zero-order chi connectivity index (χ0) is 6.85. The van der Waals surface area contributed by atoms with Crippen LogP contribution in [0.5, 0.6) is 0 Å². The highest BCUT2D eigenvalue weighted by Crippen LogP contribution is 2.26. The summed E-state index contributed by atoms with van der Waals surface area (Å²) in [5, 5.41) is 0. The molecule has 3 atom stereocenters. The Hall–Kier alpha value is -0.0400. The molecule has 9 heavy (non-hydrogen) atoms. The minimum Gasteiger partial charge on any atom is -0.327 e. The minimum atomic E-state index is 0.480. The zero-order valence-corrected chi connectivity index (χ0v) is 6.43. The fourth-order valence-corrected chi connectivity index (χ4v) is 1.58. The highest BCUT2D eigenvalue weighted by molar-refractivity contribution is 4.77. The van der Waals surface area contributed by atoms with E-state index < -0.39 is 0 Å². The van der Waals surface area contributed by atoms with Gasteiger partial charge in [-0.25, -0.2) is 0 Å². The van der Waals surface area contributed by atoms with Crippen molar-refractivity contribution in [3.8, 4) is 0 Å². The zero-order valence-electron chi connectivity index (χ0n) is 6.43.